The lowest BCUT2D eigenvalue weighted by molar-refractivity contribution is 0.0694. The summed E-state index contributed by atoms with van der Waals surface area (Å²) < 4.78 is 5.05. The van der Waals surface area contributed by atoms with Crippen LogP contribution >= 0.6 is 0 Å². The van der Waals surface area contributed by atoms with Crippen LogP contribution in [-0.4, -0.2) is 42.8 Å². The van der Waals surface area contributed by atoms with Crippen molar-refractivity contribution in [3.05, 3.63) is 34.9 Å². The largest absolute Gasteiger partial charge is 0.478 e. The summed E-state index contributed by atoms with van der Waals surface area (Å²) >= 11 is 0. The number of hydrogen-bond acceptors (Lipinski definition) is 3. The van der Waals surface area contributed by atoms with E-state index in [0.717, 1.165) is 56.6 Å². The van der Waals surface area contributed by atoms with E-state index in [9.17, 15) is 9.90 Å². The Bertz CT molecular complexity index is 445. The molecule has 4 nitrogen and oxygen atoms in total. The number of methoxy groups -OCH3 is 1. The summed E-state index contributed by atoms with van der Waals surface area (Å²) in [4.78, 5) is 13.6. The number of carboxylic acid groups (broad SMARTS) is 1. The normalized spacial score (nSPS) is 15.2. The third-order valence-electron chi connectivity index (χ3n) is 3.65. The molecule has 0 bridgehead atoms. The first-order valence-corrected chi connectivity index (χ1v) is 6.77. The lowest BCUT2D eigenvalue weighted by atomic mass is 9.94. The Morgan fingerprint density at radius 2 is 2.26 bits per heavy atom. The van der Waals surface area contributed by atoms with E-state index in [0.29, 0.717) is 5.56 Å². The van der Waals surface area contributed by atoms with Crippen LogP contribution in [0.2, 0.25) is 0 Å². The summed E-state index contributed by atoms with van der Waals surface area (Å²) in [6.07, 6.45) is 3.04. The van der Waals surface area contributed by atoms with Gasteiger partial charge in [0.15, 0.2) is 0 Å². The van der Waals surface area contributed by atoms with E-state index in [1.807, 2.05) is 12.1 Å². The highest BCUT2D eigenvalue weighted by Gasteiger charge is 2.20. The second-order valence-corrected chi connectivity index (χ2v) is 4.97. The minimum absolute atomic E-state index is 0.469. The first-order valence-electron chi connectivity index (χ1n) is 6.77. The molecule has 0 atom stereocenters. The van der Waals surface area contributed by atoms with E-state index in [4.69, 9.17) is 4.74 Å². The van der Waals surface area contributed by atoms with E-state index in [-0.39, 0.29) is 0 Å². The van der Waals surface area contributed by atoms with Gasteiger partial charge in [0.25, 0.3) is 0 Å². The number of hydrogen-bond donors (Lipinski definition) is 1. The minimum Gasteiger partial charge on any atom is -0.478 e. The Hall–Kier alpha value is -1.39. The first-order chi connectivity index (χ1) is 9.22. The summed E-state index contributed by atoms with van der Waals surface area (Å²) in [5, 5.41) is 9.18. The Balaban J connectivity index is 1.96. The molecular formula is C15H21NO3. The van der Waals surface area contributed by atoms with Gasteiger partial charge in [-0.05, 0) is 43.0 Å². The fourth-order valence-electron chi connectivity index (χ4n) is 2.64. The molecule has 1 aliphatic rings. The molecule has 0 spiro atoms. The van der Waals surface area contributed by atoms with Crippen LogP contribution in [0, 0.1) is 0 Å². The van der Waals surface area contributed by atoms with Crippen molar-refractivity contribution in [2.75, 3.05) is 26.8 Å². The lowest BCUT2D eigenvalue weighted by Crippen LogP contribution is -2.32. The van der Waals surface area contributed by atoms with E-state index in [1.165, 1.54) is 0 Å². The summed E-state index contributed by atoms with van der Waals surface area (Å²) in [7, 11) is 1.73. The fourth-order valence-corrected chi connectivity index (χ4v) is 2.64. The molecule has 0 saturated heterocycles. The number of aromatic carboxylic acids is 1. The van der Waals surface area contributed by atoms with E-state index in [1.54, 1.807) is 13.2 Å². The maximum Gasteiger partial charge on any atom is 0.335 e. The second kappa shape index (κ2) is 6.68. The molecule has 0 radical (unpaired) electrons. The van der Waals surface area contributed by atoms with Crippen molar-refractivity contribution in [2.45, 2.75) is 25.8 Å². The Morgan fingerprint density at radius 3 is 3.00 bits per heavy atom. The predicted molar refractivity (Wildman–Crippen MR) is 73.5 cm³/mol. The van der Waals surface area contributed by atoms with Crippen molar-refractivity contribution in [2.24, 2.45) is 0 Å². The molecule has 1 aromatic carbocycles. The van der Waals surface area contributed by atoms with Crippen LogP contribution in [-0.2, 0) is 17.7 Å². The number of fused-ring (bicyclic) bond motifs is 1. The van der Waals surface area contributed by atoms with Gasteiger partial charge in [-0.1, -0.05) is 12.1 Å². The van der Waals surface area contributed by atoms with E-state index >= 15 is 0 Å². The average molecular weight is 263 g/mol. The van der Waals surface area contributed by atoms with Crippen molar-refractivity contribution in [3.8, 4) is 0 Å². The van der Waals surface area contributed by atoms with Gasteiger partial charge in [-0.25, -0.2) is 4.79 Å². The Kier molecular flexibility index (Phi) is 4.93. The van der Waals surface area contributed by atoms with Crippen molar-refractivity contribution in [1.29, 1.82) is 0 Å². The molecule has 0 saturated carbocycles. The van der Waals surface area contributed by atoms with Gasteiger partial charge < -0.3 is 9.84 Å². The fraction of sp³-hybridized carbons (Fsp3) is 0.533. The molecule has 0 fully saturated rings. The van der Waals surface area contributed by atoms with E-state index in [2.05, 4.69) is 4.90 Å². The minimum atomic E-state index is -0.814. The zero-order valence-electron chi connectivity index (χ0n) is 11.4. The lowest BCUT2D eigenvalue weighted by Gasteiger charge is -2.29. The van der Waals surface area contributed by atoms with Gasteiger partial charge in [-0.3, -0.25) is 4.90 Å². The van der Waals surface area contributed by atoms with Gasteiger partial charge in [0.1, 0.15) is 0 Å². The Labute approximate surface area is 114 Å². The predicted octanol–water partition coefficient (Wildman–Crippen LogP) is 2.17. The van der Waals surface area contributed by atoms with Gasteiger partial charge in [0.05, 0.1) is 5.56 Å². The second-order valence-electron chi connectivity index (χ2n) is 4.97. The molecule has 0 aliphatic carbocycles. The first kappa shape index (κ1) is 14.0. The van der Waals surface area contributed by atoms with Gasteiger partial charge in [-0.2, -0.15) is 0 Å². The van der Waals surface area contributed by atoms with Crippen LogP contribution in [0.5, 0.6) is 0 Å². The van der Waals surface area contributed by atoms with Gasteiger partial charge in [-0.15, -0.1) is 0 Å². The highest BCUT2D eigenvalue weighted by Crippen LogP contribution is 2.22. The summed E-state index contributed by atoms with van der Waals surface area (Å²) in [6.45, 7) is 3.68. The van der Waals surface area contributed by atoms with Gasteiger partial charge >= 0.3 is 5.97 Å². The molecule has 0 aromatic heterocycles. The number of nitrogens with zero attached hydrogens (tertiary/aromatic N) is 1. The zero-order chi connectivity index (χ0) is 13.7. The summed E-state index contributed by atoms with van der Waals surface area (Å²) in [5.74, 6) is -0.814. The van der Waals surface area contributed by atoms with Crippen molar-refractivity contribution >= 4 is 5.97 Å². The number of unbranched alkanes of at least 4 members (excludes halogenated alkanes) is 1. The van der Waals surface area contributed by atoms with Crippen LogP contribution in [0.4, 0.5) is 0 Å². The molecule has 0 amide bonds. The molecule has 1 heterocycles. The van der Waals surface area contributed by atoms with Crippen LogP contribution in [0.1, 0.15) is 34.3 Å². The van der Waals surface area contributed by atoms with Crippen molar-refractivity contribution < 1.29 is 14.6 Å². The zero-order valence-corrected chi connectivity index (χ0v) is 11.4. The topological polar surface area (TPSA) is 49.8 Å². The molecular weight excluding hydrogens is 242 g/mol. The average Bonchev–Trinajstić information content (AvgIpc) is 2.42. The van der Waals surface area contributed by atoms with E-state index < -0.39 is 5.97 Å². The highest BCUT2D eigenvalue weighted by molar-refractivity contribution is 5.89. The van der Waals surface area contributed by atoms with Crippen LogP contribution in [0.3, 0.4) is 0 Å². The molecule has 4 heteroatoms. The molecule has 1 N–H and O–H groups in total. The van der Waals surface area contributed by atoms with Crippen molar-refractivity contribution in [3.63, 3.8) is 0 Å². The maximum absolute atomic E-state index is 11.2. The van der Waals surface area contributed by atoms with Crippen LogP contribution < -0.4 is 0 Å². The monoisotopic (exact) mass is 263 g/mol. The number of ether oxygens (including phenoxy) is 1. The maximum atomic E-state index is 11.2. The van der Waals surface area contributed by atoms with Crippen LogP contribution in [0.25, 0.3) is 0 Å². The SMILES string of the molecule is COCCCCN1CCc2c(cccc2C(=O)O)C1. The smallest absolute Gasteiger partial charge is 0.335 e. The highest BCUT2D eigenvalue weighted by atomic mass is 16.5. The number of rotatable bonds is 6. The standard InChI is InChI=1S/C15H21NO3/c1-19-10-3-2-8-16-9-7-13-12(11-16)5-4-6-14(13)15(17)18/h4-6H,2-3,7-11H2,1H3,(H,17,18). The molecule has 1 aromatic rings. The molecule has 19 heavy (non-hydrogen) atoms. The quantitative estimate of drug-likeness (QED) is 0.799. The molecule has 0 unspecified atom stereocenters. The molecule has 104 valence electrons. The third-order valence-corrected chi connectivity index (χ3v) is 3.65. The summed E-state index contributed by atoms with van der Waals surface area (Å²) in [5.41, 5.74) is 2.65. The van der Waals surface area contributed by atoms with Crippen molar-refractivity contribution in [1.82, 2.24) is 4.90 Å². The molecule has 2 rings (SSSR count). The molecule has 1 aliphatic heterocycles. The van der Waals surface area contributed by atoms with Crippen LogP contribution in [0.15, 0.2) is 18.2 Å². The number of carbonyl (C=O) groups is 1. The van der Waals surface area contributed by atoms with Gasteiger partial charge in [0.2, 0.25) is 0 Å². The summed E-state index contributed by atoms with van der Waals surface area (Å²) in [6, 6.07) is 5.59. The third kappa shape index (κ3) is 3.55. The Morgan fingerprint density at radius 1 is 1.42 bits per heavy atom. The number of carboxylic acids is 1. The number of benzene rings is 1. The van der Waals surface area contributed by atoms with Gasteiger partial charge in [0, 0.05) is 26.8 Å².